The van der Waals surface area contributed by atoms with Crippen LogP contribution >= 0.6 is 0 Å². The minimum atomic E-state index is -1.01. The molecule has 16 nitrogen and oxygen atoms in total. The molecule has 5 N–H and O–H groups in total. The van der Waals surface area contributed by atoms with E-state index in [4.69, 9.17) is 24.7 Å². The molecule has 2 aromatic carbocycles. The first kappa shape index (κ1) is 37.1. The molecule has 0 bridgehead atoms. The number of anilines is 1. The molecule has 16 heteroatoms. The number of nitro benzene ring substituents is 1. The van der Waals surface area contributed by atoms with Gasteiger partial charge < -0.3 is 40.6 Å². The molecule has 0 aromatic heterocycles. The Morgan fingerprint density at radius 3 is 2.30 bits per heavy atom. The molecule has 0 radical (unpaired) electrons. The number of nitrogens with zero attached hydrogens (tertiary/aromatic N) is 1. The number of nitrogens with two attached hydrogens (primary N) is 1. The fourth-order valence-electron chi connectivity index (χ4n) is 3.94. The molecule has 0 aliphatic heterocycles. The van der Waals surface area contributed by atoms with Crippen molar-refractivity contribution in [1.29, 1.82) is 0 Å². The number of carbonyl (C=O) groups is 5. The average Bonchev–Trinajstić information content (AvgIpc) is 3.02. The second kappa shape index (κ2) is 20.0. The molecule has 0 saturated carbocycles. The fourth-order valence-corrected chi connectivity index (χ4v) is 3.94. The summed E-state index contributed by atoms with van der Waals surface area (Å²) in [5, 5.41) is 18.6. The van der Waals surface area contributed by atoms with Crippen LogP contribution in [0.2, 0.25) is 0 Å². The van der Waals surface area contributed by atoms with Crippen molar-refractivity contribution >= 4 is 41.2 Å². The topological polar surface area (TPSA) is 228 Å². The summed E-state index contributed by atoms with van der Waals surface area (Å²) >= 11 is 0. The standard InChI is InChI=1S/C30H39N5O11/c1-20(33-27(37)13-15-44-17-16-43-2)26(36)18-22(4-3-14-32-29(31)39)28(38)34-23-7-5-21(6-8-23)19-45-30(40)46-25-11-9-24(10-12-25)35(41)42/h5-12,20,22H,3-4,13-19H2,1-2H3,(H,33,37)(H,34,38)(H3,31,32,39). The summed E-state index contributed by atoms with van der Waals surface area (Å²) in [5.74, 6) is -1.84. The van der Waals surface area contributed by atoms with Gasteiger partial charge in [-0.1, -0.05) is 12.1 Å². The van der Waals surface area contributed by atoms with Crippen molar-refractivity contribution in [3.63, 3.8) is 0 Å². The Hall–Kier alpha value is -5.09. The Morgan fingerprint density at radius 1 is 0.978 bits per heavy atom. The lowest BCUT2D eigenvalue weighted by Gasteiger charge is -2.19. The van der Waals surface area contributed by atoms with Gasteiger partial charge in [0.2, 0.25) is 11.8 Å². The molecular weight excluding hydrogens is 606 g/mol. The minimum absolute atomic E-state index is 0.0615. The summed E-state index contributed by atoms with van der Waals surface area (Å²) in [4.78, 5) is 71.4. The third-order valence-corrected chi connectivity index (χ3v) is 6.44. The number of ether oxygens (including phenoxy) is 4. The average molecular weight is 646 g/mol. The Balaban J connectivity index is 1.90. The Labute approximate surface area is 265 Å². The van der Waals surface area contributed by atoms with Crippen LogP contribution in [0.5, 0.6) is 5.75 Å². The van der Waals surface area contributed by atoms with E-state index in [-0.39, 0.29) is 62.1 Å². The predicted molar refractivity (Wildman–Crippen MR) is 164 cm³/mol. The summed E-state index contributed by atoms with van der Waals surface area (Å²) < 4.78 is 20.2. The molecule has 2 rings (SSSR count). The zero-order valence-electron chi connectivity index (χ0n) is 25.7. The van der Waals surface area contributed by atoms with Gasteiger partial charge in [-0.3, -0.25) is 24.5 Å². The number of benzene rings is 2. The van der Waals surface area contributed by atoms with Crippen molar-refractivity contribution in [3.05, 3.63) is 64.2 Å². The van der Waals surface area contributed by atoms with Gasteiger partial charge in [-0.2, -0.15) is 0 Å². The van der Waals surface area contributed by atoms with E-state index in [1.54, 1.807) is 24.3 Å². The molecule has 46 heavy (non-hydrogen) atoms. The van der Waals surface area contributed by atoms with E-state index in [0.29, 0.717) is 30.9 Å². The van der Waals surface area contributed by atoms with Crippen LogP contribution < -0.4 is 26.4 Å². The maximum Gasteiger partial charge on any atom is 0.514 e. The van der Waals surface area contributed by atoms with Crippen LogP contribution in [0.4, 0.5) is 21.0 Å². The summed E-state index contributed by atoms with van der Waals surface area (Å²) in [6.45, 7) is 2.52. The zero-order chi connectivity index (χ0) is 33.9. The maximum atomic E-state index is 13.2. The first-order valence-electron chi connectivity index (χ1n) is 14.4. The van der Waals surface area contributed by atoms with Crippen molar-refractivity contribution in [1.82, 2.24) is 10.6 Å². The molecule has 250 valence electrons. The number of methoxy groups -OCH3 is 1. The van der Waals surface area contributed by atoms with Crippen molar-refractivity contribution < 1.29 is 47.8 Å². The number of ketones is 1. The van der Waals surface area contributed by atoms with E-state index in [9.17, 15) is 34.1 Å². The van der Waals surface area contributed by atoms with Crippen LogP contribution in [0.25, 0.3) is 0 Å². The molecule has 0 heterocycles. The monoisotopic (exact) mass is 645 g/mol. The van der Waals surface area contributed by atoms with Crippen LogP contribution in [0.3, 0.4) is 0 Å². The molecule has 0 aliphatic rings. The van der Waals surface area contributed by atoms with Gasteiger partial charge >= 0.3 is 12.2 Å². The third-order valence-electron chi connectivity index (χ3n) is 6.44. The summed E-state index contributed by atoms with van der Waals surface area (Å²) in [6.07, 6.45) is -0.469. The van der Waals surface area contributed by atoms with Crippen LogP contribution in [0.1, 0.15) is 38.2 Å². The first-order valence-corrected chi connectivity index (χ1v) is 14.4. The Bertz CT molecular complexity index is 1320. The largest absolute Gasteiger partial charge is 0.514 e. The maximum absolute atomic E-state index is 13.2. The number of urea groups is 1. The van der Waals surface area contributed by atoms with E-state index < -0.39 is 35.0 Å². The molecule has 2 aromatic rings. The number of non-ortho nitro benzene ring substituents is 1. The zero-order valence-corrected chi connectivity index (χ0v) is 25.7. The highest BCUT2D eigenvalue weighted by Gasteiger charge is 2.25. The van der Waals surface area contributed by atoms with Gasteiger partial charge in [-0.05, 0) is 49.6 Å². The van der Waals surface area contributed by atoms with Crippen LogP contribution in [-0.4, -0.2) is 74.2 Å². The fraction of sp³-hybridized carbons (Fsp3) is 0.433. The second-order valence-corrected chi connectivity index (χ2v) is 10.0. The van der Waals surface area contributed by atoms with Gasteiger partial charge in [0.05, 0.1) is 30.8 Å². The summed E-state index contributed by atoms with van der Waals surface area (Å²) in [6, 6.07) is 9.78. The summed E-state index contributed by atoms with van der Waals surface area (Å²) in [5.41, 5.74) is 5.95. The molecule has 0 aliphatic carbocycles. The van der Waals surface area contributed by atoms with Crippen LogP contribution in [-0.2, 0) is 35.2 Å². The van der Waals surface area contributed by atoms with Crippen molar-refractivity contribution in [2.24, 2.45) is 11.7 Å². The molecular formula is C30H39N5O11. The van der Waals surface area contributed by atoms with E-state index in [1.807, 2.05) is 0 Å². The lowest BCUT2D eigenvalue weighted by molar-refractivity contribution is -0.384. The molecule has 0 fully saturated rings. The van der Waals surface area contributed by atoms with Crippen LogP contribution in [0.15, 0.2) is 48.5 Å². The van der Waals surface area contributed by atoms with Gasteiger partial charge in [-0.15, -0.1) is 0 Å². The third kappa shape index (κ3) is 14.6. The van der Waals surface area contributed by atoms with Gasteiger partial charge in [0, 0.05) is 50.2 Å². The molecule has 2 atom stereocenters. The summed E-state index contributed by atoms with van der Waals surface area (Å²) in [7, 11) is 1.54. The normalized spacial score (nSPS) is 11.9. The number of Topliss-reactive ketones (excluding diaryl/α,β-unsaturated/α-hetero) is 1. The number of rotatable bonds is 20. The quantitative estimate of drug-likeness (QED) is 0.0538. The molecule has 0 saturated heterocycles. The molecule has 4 amide bonds. The number of amides is 4. The number of primary amides is 1. The van der Waals surface area contributed by atoms with Crippen molar-refractivity contribution in [2.75, 3.05) is 38.8 Å². The van der Waals surface area contributed by atoms with E-state index in [1.165, 1.54) is 38.3 Å². The number of hydrogen-bond acceptors (Lipinski definition) is 11. The minimum Gasteiger partial charge on any atom is -0.429 e. The smallest absolute Gasteiger partial charge is 0.429 e. The highest BCUT2D eigenvalue weighted by atomic mass is 16.7. The second-order valence-electron chi connectivity index (χ2n) is 10.0. The van der Waals surface area contributed by atoms with Gasteiger partial charge in [0.25, 0.3) is 5.69 Å². The highest BCUT2D eigenvalue weighted by molar-refractivity contribution is 5.97. The number of nitrogens with one attached hydrogen (secondary N) is 3. The number of hydrogen-bond donors (Lipinski definition) is 4. The lowest BCUT2D eigenvalue weighted by Crippen LogP contribution is -2.40. The SMILES string of the molecule is COCCOCCC(=O)NC(C)C(=O)CC(CCCNC(N)=O)C(=O)Nc1ccc(COC(=O)Oc2ccc([N+](=O)[O-])cc2)cc1. The van der Waals surface area contributed by atoms with E-state index in [2.05, 4.69) is 16.0 Å². The first-order chi connectivity index (χ1) is 22.0. The van der Waals surface area contributed by atoms with E-state index >= 15 is 0 Å². The lowest BCUT2D eigenvalue weighted by atomic mass is 9.93. The predicted octanol–water partition coefficient (Wildman–Crippen LogP) is 2.83. The van der Waals surface area contributed by atoms with Gasteiger partial charge in [0.15, 0.2) is 5.78 Å². The Kier molecular flexibility index (Phi) is 16.2. The Morgan fingerprint density at radius 2 is 1.67 bits per heavy atom. The molecule has 2 unspecified atom stereocenters. The highest BCUT2D eigenvalue weighted by Crippen LogP contribution is 2.20. The van der Waals surface area contributed by atoms with E-state index in [0.717, 1.165) is 0 Å². The number of carbonyl (C=O) groups excluding carboxylic acids is 5. The molecule has 0 spiro atoms. The van der Waals surface area contributed by atoms with Crippen LogP contribution in [0, 0.1) is 16.0 Å². The van der Waals surface area contributed by atoms with Gasteiger partial charge in [0.1, 0.15) is 12.4 Å². The van der Waals surface area contributed by atoms with Crippen molar-refractivity contribution in [2.45, 2.75) is 45.3 Å². The number of nitro groups is 1. The van der Waals surface area contributed by atoms with Gasteiger partial charge in [-0.25, -0.2) is 9.59 Å². The van der Waals surface area contributed by atoms with Crippen molar-refractivity contribution in [3.8, 4) is 5.75 Å².